The van der Waals surface area contributed by atoms with Crippen LogP contribution >= 0.6 is 0 Å². The molecular formula is C15H26N4O2. The summed E-state index contributed by atoms with van der Waals surface area (Å²) in [6.07, 6.45) is 3.83. The van der Waals surface area contributed by atoms with Gasteiger partial charge in [-0.3, -0.25) is 9.58 Å². The second kappa shape index (κ2) is 7.45. The Balaban J connectivity index is 1.73. The van der Waals surface area contributed by atoms with Crippen LogP contribution in [-0.2, 0) is 17.8 Å². The lowest BCUT2D eigenvalue weighted by molar-refractivity contribution is 0.0676. The summed E-state index contributed by atoms with van der Waals surface area (Å²) in [6.45, 7) is 11.7. The average Bonchev–Trinajstić information content (AvgIpc) is 2.93. The van der Waals surface area contributed by atoms with Crippen LogP contribution < -0.4 is 0 Å². The Kier molecular flexibility index (Phi) is 5.61. The lowest BCUT2D eigenvalue weighted by atomic mass is 10.2. The number of amides is 1. The van der Waals surface area contributed by atoms with E-state index in [0.717, 1.165) is 39.3 Å². The maximum atomic E-state index is 11.9. The van der Waals surface area contributed by atoms with Gasteiger partial charge in [-0.25, -0.2) is 4.79 Å². The first-order valence-corrected chi connectivity index (χ1v) is 7.74. The molecule has 0 aliphatic carbocycles. The molecule has 2 heterocycles. The molecule has 1 aromatic heterocycles. The third kappa shape index (κ3) is 4.74. The van der Waals surface area contributed by atoms with Crippen LogP contribution in [0.1, 0.15) is 26.3 Å². The summed E-state index contributed by atoms with van der Waals surface area (Å²) in [5.41, 5.74) is 1.23. The number of aromatic nitrogens is 2. The van der Waals surface area contributed by atoms with E-state index >= 15 is 0 Å². The molecule has 6 heteroatoms. The summed E-state index contributed by atoms with van der Waals surface area (Å²) in [7, 11) is 0. The van der Waals surface area contributed by atoms with Crippen molar-refractivity contribution in [2.45, 2.75) is 33.9 Å². The van der Waals surface area contributed by atoms with Crippen LogP contribution in [0.3, 0.4) is 0 Å². The van der Waals surface area contributed by atoms with E-state index in [2.05, 4.69) is 23.1 Å². The predicted molar refractivity (Wildman–Crippen MR) is 80.9 cm³/mol. The molecule has 0 unspecified atom stereocenters. The summed E-state index contributed by atoms with van der Waals surface area (Å²) in [6, 6.07) is 0. The van der Waals surface area contributed by atoms with Crippen LogP contribution in [-0.4, -0.2) is 58.5 Å². The number of hydrogen-bond donors (Lipinski definition) is 0. The quantitative estimate of drug-likeness (QED) is 0.831. The van der Waals surface area contributed by atoms with Crippen molar-refractivity contribution in [1.29, 1.82) is 0 Å². The Morgan fingerprint density at radius 3 is 2.62 bits per heavy atom. The zero-order valence-corrected chi connectivity index (χ0v) is 13.3. The fourth-order valence-electron chi connectivity index (χ4n) is 2.34. The molecule has 0 radical (unpaired) electrons. The fraction of sp³-hybridized carbons (Fsp3) is 0.733. The maximum Gasteiger partial charge on any atom is 0.409 e. The van der Waals surface area contributed by atoms with Crippen molar-refractivity contribution in [3.05, 3.63) is 18.0 Å². The summed E-state index contributed by atoms with van der Waals surface area (Å²) in [5, 5.41) is 4.29. The van der Waals surface area contributed by atoms with Crippen LogP contribution in [0.2, 0.25) is 0 Å². The molecule has 1 fully saturated rings. The number of nitrogens with zero attached hydrogens (tertiary/aromatic N) is 4. The van der Waals surface area contributed by atoms with Crippen molar-refractivity contribution in [2.75, 3.05) is 32.8 Å². The zero-order valence-electron chi connectivity index (χ0n) is 13.3. The third-order valence-electron chi connectivity index (χ3n) is 3.59. The minimum atomic E-state index is -0.179. The summed E-state index contributed by atoms with van der Waals surface area (Å²) in [4.78, 5) is 16.0. The Morgan fingerprint density at radius 2 is 2.05 bits per heavy atom. The van der Waals surface area contributed by atoms with E-state index in [9.17, 15) is 4.79 Å². The summed E-state index contributed by atoms with van der Waals surface area (Å²) < 4.78 is 7.21. The molecule has 1 aromatic rings. The molecule has 2 rings (SSSR count). The number of ether oxygens (including phenoxy) is 1. The number of rotatable bonds is 5. The summed E-state index contributed by atoms with van der Waals surface area (Å²) >= 11 is 0. The standard InChI is InChI=1S/C15H26N4O2/c1-4-19-11-14(9-16-19)10-17-5-7-18(8-6-17)15(20)21-12-13(2)3/h9,11,13H,4-8,10,12H2,1-3H3. The van der Waals surface area contributed by atoms with Crippen molar-refractivity contribution < 1.29 is 9.53 Å². The normalized spacial score (nSPS) is 16.5. The topological polar surface area (TPSA) is 50.6 Å². The second-order valence-electron chi connectivity index (χ2n) is 5.94. The van der Waals surface area contributed by atoms with Gasteiger partial charge in [0.1, 0.15) is 0 Å². The molecule has 1 aliphatic rings. The average molecular weight is 294 g/mol. The number of aryl methyl sites for hydroxylation is 1. The van der Waals surface area contributed by atoms with Gasteiger partial charge in [0.05, 0.1) is 12.8 Å². The van der Waals surface area contributed by atoms with E-state index in [1.54, 1.807) is 4.90 Å². The molecule has 0 aromatic carbocycles. The molecule has 1 saturated heterocycles. The van der Waals surface area contributed by atoms with Crippen molar-refractivity contribution in [2.24, 2.45) is 5.92 Å². The highest BCUT2D eigenvalue weighted by molar-refractivity contribution is 5.67. The lowest BCUT2D eigenvalue weighted by Gasteiger charge is -2.33. The second-order valence-corrected chi connectivity index (χ2v) is 5.94. The molecule has 0 bridgehead atoms. The highest BCUT2D eigenvalue weighted by Gasteiger charge is 2.22. The monoisotopic (exact) mass is 294 g/mol. The van der Waals surface area contributed by atoms with Gasteiger partial charge in [0.15, 0.2) is 0 Å². The van der Waals surface area contributed by atoms with Gasteiger partial charge in [0.25, 0.3) is 0 Å². The zero-order chi connectivity index (χ0) is 15.2. The van der Waals surface area contributed by atoms with Crippen LogP contribution in [0.15, 0.2) is 12.4 Å². The van der Waals surface area contributed by atoms with Gasteiger partial charge in [0, 0.05) is 51.0 Å². The Hall–Kier alpha value is -1.56. The van der Waals surface area contributed by atoms with Crippen molar-refractivity contribution in [3.63, 3.8) is 0 Å². The molecule has 1 aliphatic heterocycles. The molecule has 0 N–H and O–H groups in total. The first kappa shape index (κ1) is 15.8. The van der Waals surface area contributed by atoms with E-state index in [-0.39, 0.29) is 6.09 Å². The van der Waals surface area contributed by atoms with Gasteiger partial charge in [-0.1, -0.05) is 13.8 Å². The molecule has 0 spiro atoms. The minimum Gasteiger partial charge on any atom is -0.449 e. The third-order valence-corrected chi connectivity index (χ3v) is 3.59. The van der Waals surface area contributed by atoms with Crippen LogP contribution in [0.5, 0.6) is 0 Å². The van der Waals surface area contributed by atoms with E-state index in [1.807, 2.05) is 24.7 Å². The van der Waals surface area contributed by atoms with E-state index < -0.39 is 0 Å². The molecule has 118 valence electrons. The molecule has 6 nitrogen and oxygen atoms in total. The van der Waals surface area contributed by atoms with Gasteiger partial charge in [0.2, 0.25) is 0 Å². The van der Waals surface area contributed by atoms with E-state index in [1.165, 1.54) is 5.56 Å². The molecule has 0 saturated carbocycles. The largest absolute Gasteiger partial charge is 0.449 e. The Bertz CT molecular complexity index is 450. The highest BCUT2D eigenvalue weighted by Crippen LogP contribution is 2.09. The molecule has 1 amide bonds. The van der Waals surface area contributed by atoms with Crippen molar-refractivity contribution in [1.82, 2.24) is 19.6 Å². The maximum absolute atomic E-state index is 11.9. The van der Waals surface area contributed by atoms with Crippen LogP contribution in [0.4, 0.5) is 4.79 Å². The highest BCUT2D eigenvalue weighted by atomic mass is 16.6. The van der Waals surface area contributed by atoms with Gasteiger partial charge < -0.3 is 9.64 Å². The van der Waals surface area contributed by atoms with Gasteiger partial charge in [-0.2, -0.15) is 5.10 Å². The van der Waals surface area contributed by atoms with Gasteiger partial charge in [-0.05, 0) is 12.8 Å². The first-order valence-electron chi connectivity index (χ1n) is 7.74. The Morgan fingerprint density at radius 1 is 1.33 bits per heavy atom. The van der Waals surface area contributed by atoms with Crippen molar-refractivity contribution in [3.8, 4) is 0 Å². The summed E-state index contributed by atoms with van der Waals surface area (Å²) in [5.74, 6) is 0.380. The van der Waals surface area contributed by atoms with Crippen LogP contribution in [0, 0.1) is 5.92 Å². The van der Waals surface area contributed by atoms with Gasteiger partial charge >= 0.3 is 6.09 Å². The fourth-order valence-corrected chi connectivity index (χ4v) is 2.34. The number of piperazine rings is 1. The molecule has 0 atom stereocenters. The smallest absolute Gasteiger partial charge is 0.409 e. The lowest BCUT2D eigenvalue weighted by Crippen LogP contribution is -2.48. The first-order chi connectivity index (χ1) is 10.1. The Labute approximate surface area is 126 Å². The number of hydrogen-bond acceptors (Lipinski definition) is 4. The minimum absolute atomic E-state index is 0.179. The van der Waals surface area contributed by atoms with E-state index in [4.69, 9.17) is 4.74 Å². The predicted octanol–water partition coefficient (Wildman–Crippen LogP) is 1.81. The van der Waals surface area contributed by atoms with Crippen molar-refractivity contribution >= 4 is 6.09 Å². The number of carbonyl (C=O) groups is 1. The van der Waals surface area contributed by atoms with Crippen LogP contribution in [0.25, 0.3) is 0 Å². The van der Waals surface area contributed by atoms with Gasteiger partial charge in [-0.15, -0.1) is 0 Å². The SMILES string of the molecule is CCn1cc(CN2CCN(C(=O)OCC(C)C)CC2)cn1. The molecular weight excluding hydrogens is 268 g/mol. The molecule has 21 heavy (non-hydrogen) atoms. The number of carbonyl (C=O) groups excluding carboxylic acids is 1. The van der Waals surface area contributed by atoms with E-state index in [0.29, 0.717) is 12.5 Å².